The number of hydrogen-bond acceptors (Lipinski definition) is 3. The summed E-state index contributed by atoms with van der Waals surface area (Å²) in [4.78, 5) is 23.3. The SMILES string of the molecule is O=C(COC(=O)C1CCC1)Nc1ccc2c(c1)CCC2. The minimum absolute atomic E-state index is 0.0165. The van der Waals surface area contributed by atoms with Gasteiger partial charge in [0.05, 0.1) is 5.92 Å². The van der Waals surface area contributed by atoms with Crippen molar-refractivity contribution in [3.05, 3.63) is 29.3 Å². The first kappa shape index (κ1) is 13.2. The third kappa shape index (κ3) is 2.84. The molecule has 0 saturated heterocycles. The molecular weight excluding hydrogens is 254 g/mol. The Labute approximate surface area is 118 Å². The van der Waals surface area contributed by atoms with Gasteiger partial charge in [-0.05, 0) is 55.4 Å². The number of fused-ring (bicyclic) bond motifs is 1. The Hall–Kier alpha value is -1.84. The predicted octanol–water partition coefficient (Wildman–Crippen LogP) is 2.46. The largest absolute Gasteiger partial charge is 0.455 e. The van der Waals surface area contributed by atoms with Gasteiger partial charge in [0, 0.05) is 5.69 Å². The Morgan fingerprint density at radius 2 is 1.95 bits per heavy atom. The smallest absolute Gasteiger partial charge is 0.309 e. The molecule has 1 fully saturated rings. The molecule has 0 atom stereocenters. The number of carbonyl (C=O) groups is 2. The van der Waals surface area contributed by atoms with Gasteiger partial charge in [0.15, 0.2) is 6.61 Å². The molecule has 106 valence electrons. The zero-order valence-electron chi connectivity index (χ0n) is 11.5. The Balaban J connectivity index is 1.49. The van der Waals surface area contributed by atoms with Crippen molar-refractivity contribution in [3.8, 4) is 0 Å². The van der Waals surface area contributed by atoms with E-state index in [9.17, 15) is 9.59 Å². The Kier molecular flexibility index (Phi) is 3.72. The number of hydrogen-bond donors (Lipinski definition) is 1. The van der Waals surface area contributed by atoms with Crippen molar-refractivity contribution >= 4 is 17.6 Å². The first-order chi connectivity index (χ1) is 9.72. The van der Waals surface area contributed by atoms with Crippen molar-refractivity contribution in [2.75, 3.05) is 11.9 Å². The Morgan fingerprint density at radius 3 is 2.70 bits per heavy atom. The maximum atomic E-state index is 11.8. The molecule has 0 aliphatic heterocycles. The second-order valence-corrected chi connectivity index (χ2v) is 5.62. The topological polar surface area (TPSA) is 55.4 Å². The normalized spacial score (nSPS) is 17.2. The van der Waals surface area contributed by atoms with Gasteiger partial charge in [-0.2, -0.15) is 0 Å². The van der Waals surface area contributed by atoms with Crippen LogP contribution in [0.1, 0.15) is 36.8 Å². The van der Waals surface area contributed by atoms with Gasteiger partial charge >= 0.3 is 5.97 Å². The van der Waals surface area contributed by atoms with Crippen LogP contribution in [0.15, 0.2) is 18.2 Å². The fraction of sp³-hybridized carbons (Fsp3) is 0.500. The molecule has 4 heteroatoms. The molecule has 1 saturated carbocycles. The van der Waals surface area contributed by atoms with E-state index in [2.05, 4.69) is 11.4 Å². The summed E-state index contributed by atoms with van der Waals surface area (Å²) in [5, 5.41) is 2.79. The van der Waals surface area contributed by atoms with Gasteiger partial charge in [0.2, 0.25) is 0 Å². The third-order valence-electron chi connectivity index (χ3n) is 4.17. The molecular formula is C16H19NO3. The molecule has 0 aromatic heterocycles. The van der Waals surface area contributed by atoms with Crippen LogP contribution in [0.5, 0.6) is 0 Å². The van der Waals surface area contributed by atoms with Crippen LogP contribution in [0.3, 0.4) is 0 Å². The number of amides is 1. The molecule has 2 aliphatic rings. The van der Waals surface area contributed by atoms with E-state index in [1.54, 1.807) is 0 Å². The summed E-state index contributed by atoms with van der Waals surface area (Å²) < 4.78 is 5.02. The number of nitrogens with one attached hydrogen (secondary N) is 1. The minimum atomic E-state index is -0.268. The van der Waals surface area contributed by atoms with Crippen LogP contribution < -0.4 is 5.32 Å². The lowest BCUT2D eigenvalue weighted by molar-refractivity contribution is -0.154. The zero-order chi connectivity index (χ0) is 13.9. The summed E-state index contributed by atoms with van der Waals surface area (Å²) in [6.07, 6.45) is 6.27. The van der Waals surface area contributed by atoms with E-state index in [-0.39, 0.29) is 24.4 Å². The molecule has 2 aliphatic carbocycles. The van der Waals surface area contributed by atoms with Crippen molar-refractivity contribution < 1.29 is 14.3 Å². The molecule has 1 aromatic carbocycles. The van der Waals surface area contributed by atoms with Gasteiger partial charge in [-0.25, -0.2) is 0 Å². The number of anilines is 1. The summed E-state index contributed by atoms with van der Waals surface area (Å²) >= 11 is 0. The van der Waals surface area contributed by atoms with Crippen molar-refractivity contribution in [1.82, 2.24) is 0 Å². The highest BCUT2D eigenvalue weighted by molar-refractivity contribution is 5.93. The van der Waals surface area contributed by atoms with Gasteiger partial charge in [0.1, 0.15) is 0 Å². The van der Waals surface area contributed by atoms with Crippen molar-refractivity contribution in [2.45, 2.75) is 38.5 Å². The number of aryl methyl sites for hydroxylation is 2. The maximum Gasteiger partial charge on any atom is 0.309 e. The molecule has 1 aromatic rings. The lowest BCUT2D eigenvalue weighted by Gasteiger charge is -2.22. The van der Waals surface area contributed by atoms with Crippen LogP contribution >= 0.6 is 0 Å². The van der Waals surface area contributed by atoms with E-state index in [4.69, 9.17) is 4.74 Å². The van der Waals surface area contributed by atoms with Crippen LogP contribution in [0, 0.1) is 5.92 Å². The monoisotopic (exact) mass is 273 g/mol. The third-order valence-corrected chi connectivity index (χ3v) is 4.17. The molecule has 0 heterocycles. The molecule has 0 unspecified atom stereocenters. The second-order valence-electron chi connectivity index (χ2n) is 5.62. The fourth-order valence-corrected chi connectivity index (χ4v) is 2.75. The summed E-state index contributed by atoms with van der Waals surface area (Å²) in [7, 11) is 0. The Bertz CT molecular complexity index is 535. The number of rotatable bonds is 4. The number of benzene rings is 1. The highest BCUT2D eigenvalue weighted by Crippen LogP contribution is 2.27. The standard InChI is InChI=1S/C16H19NO3/c18-15(10-20-16(19)12-4-2-5-12)17-14-8-7-11-3-1-6-13(11)9-14/h7-9,12H,1-6,10H2,(H,17,18). The van der Waals surface area contributed by atoms with E-state index >= 15 is 0 Å². The first-order valence-electron chi connectivity index (χ1n) is 7.30. The summed E-state index contributed by atoms with van der Waals surface area (Å²) in [5.41, 5.74) is 3.48. The van der Waals surface area contributed by atoms with E-state index in [1.807, 2.05) is 12.1 Å². The van der Waals surface area contributed by atoms with Gasteiger partial charge < -0.3 is 10.1 Å². The molecule has 20 heavy (non-hydrogen) atoms. The van der Waals surface area contributed by atoms with Crippen molar-refractivity contribution in [3.63, 3.8) is 0 Å². The Morgan fingerprint density at radius 1 is 1.15 bits per heavy atom. The number of carbonyl (C=O) groups excluding carboxylic acids is 2. The van der Waals surface area contributed by atoms with E-state index in [1.165, 1.54) is 17.5 Å². The molecule has 0 radical (unpaired) electrons. The van der Waals surface area contributed by atoms with Crippen LogP contribution in [0.4, 0.5) is 5.69 Å². The lowest BCUT2D eigenvalue weighted by Crippen LogP contribution is -2.28. The zero-order valence-corrected chi connectivity index (χ0v) is 11.5. The maximum absolute atomic E-state index is 11.8. The van der Waals surface area contributed by atoms with Crippen LogP contribution in [-0.4, -0.2) is 18.5 Å². The molecule has 4 nitrogen and oxygen atoms in total. The van der Waals surface area contributed by atoms with E-state index < -0.39 is 0 Å². The predicted molar refractivity (Wildman–Crippen MR) is 75.4 cm³/mol. The van der Waals surface area contributed by atoms with E-state index in [0.717, 1.165) is 37.8 Å². The minimum Gasteiger partial charge on any atom is -0.455 e. The number of esters is 1. The van der Waals surface area contributed by atoms with Crippen LogP contribution in [0.25, 0.3) is 0 Å². The first-order valence-corrected chi connectivity index (χ1v) is 7.30. The lowest BCUT2D eigenvalue weighted by atomic mass is 9.86. The van der Waals surface area contributed by atoms with Crippen LogP contribution in [0.2, 0.25) is 0 Å². The van der Waals surface area contributed by atoms with Crippen LogP contribution in [-0.2, 0) is 27.2 Å². The van der Waals surface area contributed by atoms with E-state index in [0.29, 0.717) is 0 Å². The van der Waals surface area contributed by atoms with Gasteiger partial charge in [-0.3, -0.25) is 9.59 Å². The average Bonchev–Trinajstić information content (AvgIpc) is 2.81. The highest BCUT2D eigenvalue weighted by atomic mass is 16.5. The van der Waals surface area contributed by atoms with Crippen molar-refractivity contribution in [2.24, 2.45) is 5.92 Å². The molecule has 1 N–H and O–H groups in total. The highest BCUT2D eigenvalue weighted by Gasteiger charge is 2.27. The summed E-state index contributed by atoms with van der Waals surface area (Å²) in [6, 6.07) is 6.00. The average molecular weight is 273 g/mol. The summed E-state index contributed by atoms with van der Waals surface area (Å²) in [5.74, 6) is -0.487. The number of ether oxygens (including phenoxy) is 1. The van der Waals surface area contributed by atoms with Gasteiger partial charge in [-0.15, -0.1) is 0 Å². The quantitative estimate of drug-likeness (QED) is 0.857. The van der Waals surface area contributed by atoms with Gasteiger partial charge in [-0.1, -0.05) is 12.5 Å². The fourth-order valence-electron chi connectivity index (χ4n) is 2.75. The molecule has 0 bridgehead atoms. The van der Waals surface area contributed by atoms with Gasteiger partial charge in [0.25, 0.3) is 5.91 Å². The molecule has 1 amide bonds. The molecule has 0 spiro atoms. The second kappa shape index (κ2) is 5.65. The molecule has 3 rings (SSSR count). The summed E-state index contributed by atoms with van der Waals surface area (Å²) in [6.45, 7) is -0.188. The van der Waals surface area contributed by atoms with Crippen molar-refractivity contribution in [1.29, 1.82) is 0 Å².